The van der Waals surface area contributed by atoms with E-state index in [-0.39, 0.29) is 30.8 Å². The lowest BCUT2D eigenvalue weighted by Gasteiger charge is -2.39. The normalized spacial score (nSPS) is 20.9. The van der Waals surface area contributed by atoms with Crippen molar-refractivity contribution >= 4 is 22.7 Å². The second kappa shape index (κ2) is 9.09. The molecule has 1 unspecified atom stereocenters. The summed E-state index contributed by atoms with van der Waals surface area (Å²) in [5.41, 5.74) is 2.19. The molecule has 2 saturated heterocycles. The van der Waals surface area contributed by atoms with Crippen molar-refractivity contribution in [1.29, 1.82) is 0 Å². The molecule has 0 spiro atoms. The first kappa shape index (κ1) is 20.1. The molecule has 2 fully saturated rings. The molecule has 2 aromatic rings. The molecule has 6 nitrogen and oxygen atoms in total. The van der Waals surface area contributed by atoms with Crippen LogP contribution in [0.25, 0.3) is 11.0 Å². The zero-order valence-corrected chi connectivity index (χ0v) is 17.3. The number of fused-ring (bicyclic) bond motifs is 2. The summed E-state index contributed by atoms with van der Waals surface area (Å²) in [6.45, 7) is 5.51. The Balaban J connectivity index is 1.52. The zero-order valence-electron chi connectivity index (χ0n) is 17.3. The molecule has 0 radical (unpaired) electrons. The van der Waals surface area contributed by atoms with Crippen molar-refractivity contribution in [3.8, 4) is 0 Å². The predicted molar refractivity (Wildman–Crippen MR) is 113 cm³/mol. The quantitative estimate of drug-likeness (QED) is 0.728. The predicted octanol–water partition coefficient (Wildman–Crippen LogP) is 2.74. The van der Waals surface area contributed by atoms with Gasteiger partial charge in [0, 0.05) is 43.5 Å². The van der Waals surface area contributed by atoms with E-state index in [1.165, 1.54) is 30.2 Å². The molecule has 3 heterocycles. The molecule has 1 N–H and O–H groups in total. The van der Waals surface area contributed by atoms with Gasteiger partial charge in [0.2, 0.25) is 5.91 Å². The van der Waals surface area contributed by atoms with Crippen LogP contribution in [0, 0.1) is 0 Å². The second-order valence-electron chi connectivity index (χ2n) is 8.22. The largest absolute Gasteiger partial charge is 0.461 e. The van der Waals surface area contributed by atoms with Gasteiger partial charge >= 0.3 is 0 Å². The van der Waals surface area contributed by atoms with E-state index in [1.54, 1.807) is 4.90 Å². The number of amides is 1. The Morgan fingerprint density at radius 3 is 2.83 bits per heavy atom. The maximum absolute atomic E-state index is 12.5. The summed E-state index contributed by atoms with van der Waals surface area (Å²) in [7, 11) is 0. The first-order valence-electron chi connectivity index (χ1n) is 10.9. The Labute approximate surface area is 172 Å². The van der Waals surface area contributed by atoms with Gasteiger partial charge in [-0.05, 0) is 12.5 Å². The van der Waals surface area contributed by atoms with Crippen molar-refractivity contribution in [2.75, 3.05) is 32.7 Å². The molecule has 2 aliphatic heterocycles. The summed E-state index contributed by atoms with van der Waals surface area (Å²) in [5.74, 6) is 1.22. The number of carbonyl (C=O) groups is 2. The Kier molecular flexibility index (Phi) is 6.31. The third-order valence-corrected chi connectivity index (χ3v) is 6.15. The van der Waals surface area contributed by atoms with Gasteiger partial charge in [-0.1, -0.05) is 44.4 Å². The van der Waals surface area contributed by atoms with Crippen molar-refractivity contribution in [3.63, 3.8) is 0 Å². The van der Waals surface area contributed by atoms with Gasteiger partial charge in [-0.15, -0.1) is 0 Å². The number of benzene rings is 1. The minimum Gasteiger partial charge on any atom is -0.461 e. The highest BCUT2D eigenvalue weighted by Gasteiger charge is 2.37. The van der Waals surface area contributed by atoms with Gasteiger partial charge in [0.25, 0.3) is 0 Å². The lowest BCUT2D eigenvalue weighted by Crippen LogP contribution is -2.57. The van der Waals surface area contributed by atoms with Gasteiger partial charge in [-0.3, -0.25) is 14.5 Å². The Hall–Kier alpha value is -2.18. The maximum Gasteiger partial charge on any atom is 0.237 e. The fourth-order valence-corrected chi connectivity index (χ4v) is 4.53. The van der Waals surface area contributed by atoms with Crippen molar-refractivity contribution in [3.05, 3.63) is 35.6 Å². The first-order valence-corrected chi connectivity index (χ1v) is 10.9. The number of piperazine rings is 1. The number of carbonyl (C=O) groups excluding carboxylic acids is 2. The van der Waals surface area contributed by atoms with Gasteiger partial charge in [-0.25, -0.2) is 0 Å². The van der Waals surface area contributed by atoms with Crippen LogP contribution in [0.2, 0.25) is 0 Å². The molecule has 0 saturated carbocycles. The molecule has 156 valence electrons. The summed E-state index contributed by atoms with van der Waals surface area (Å²) in [4.78, 5) is 28.9. The fourth-order valence-electron chi connectivity index (χ4n) is 4.53. The number of para-hydroxylation sites is 1. The molecule has 6 heteroatoms. The smallest absolute Gasteiger partial charge is 0.237 e. The third kappa shape index (κ3) is 4.38. The second-order valence-corrected chi connectivity index (χ2v) is 8.22. The van der Waals surface area contributed by atoms with E-state index in [9.17, 15) is 9.59 Å². The van der Waals surface area contributed by atoms with Crippen LogP contribution in [0.3, 0.4) is 0 Å². The molecule has 1 aromatic heterocycles. The molecule has 1 atom stereocenters. The third-order valence-electron chi connectivity index (χ3n) is 6.15. The number of hydrogen-bond donors (Lipinski definition) is 1. The lowest BCUT2D eigenvalue weighted by molar-refractivity contribution is -0.139. The summed E-state index contributed by atoms with van der Waals surface area (Å²) in [5, 5.41) is 4.13. The van der Waals surface area contributed by atoms with Crippen LogP contribution in [0.5, 0.6) is 0 Å². The number of ketones is 1. The molecule has 4 rings (SSSR count). The minimum absolute atomic E-state index is 0.0332. The van der Waals surface area contributed by atoms with Crippen LogP contribution in [0.15, 0.2) is 28.7 Å². The molecule has 29 heavy (non-hydrogen) atoms. The highest BCUT2D eigenvalue weighted by Crippen LogP contribution is 2.29. The molecule has 1 amide bonds. The summed E-state index contributed by atoms with van der Waals surface area (Å²) in [6, 6.07) is 7.89. The van der Waals surface area contributed by atoms with E-state index in [4.69, 9.17) is 4.42 Å². The van der Waals surface area contributed by atoms with Crippen LogP contribution in [-0.4, -0.2) is 60.3 Å². The van der Waals surface area contributed by atoms with Gasteiger partial charge in [0.05, 0.1) is 13.1 Å². The standard InChI is InChI=1S/C23H31N3O3/c1-2-3-4-5-9-22-18(17-8-6-7-10-21(17)29-22)15-25-11-12-26-19(16-25)20(27)13-24-14-23(26)28/h6-8,10,19,24H,2-5,9,11-16H2,1H3. The highest BCUT2D eigenvalue weighted by atomic mass is 16.3. The Morgan fingerprint density at radius 1 is 1.10 bits per heavy atom. The van der Waals surface area contributed by atoms with E-state index in [2.05, 4.69) is 29.3 Å². The lowest BCUT2D eigenvalue weighted by atomic mass is 10.0. The molecular weight excluding hydrogens is 366 g/mol. The number of rotatable bonds is 7. The zero-order chi connectivity index (χ0) is 20.2. The van der Waals surface area contributed by atoms with E-state index in [1.807, 2.05) is 12.1 Å². The van der Waals surface area contributed by atoms with Crippen LogP contribution in [0.4, 0.5) is 0 Å². The minimum atomic E-state index is -0.336. The summed E-state index contributed by atoms with van der Waals surface area (Å²) >= 11 is 0. The van der Waals surface area contributed by atoms with E-state index >= 15 is 0 Å². The number of furan rings is 1. The number of hydrogen-bond acceptors (Lipinski definition) is 5. The Morgan fingerprint density at radius 2 is 1.97 bits per heavy atom. The average Bonchev–Trinajstić information content (AvgIpc) is 3.01. The maximum atomic E-state index is 12.5. The molecular formula is C23H31N3O3. The first-order chi connectivity index (χ1) is 14.2. The van der Waals surface area contributed by atoms with Crippen LogP contribution >= 0.6 is 0 Å². The number of unbranched alkanes of at least 4 members (excludes halogenated alkanes) is 3. The summed E-state index contributed by atoms with van der Waals surface area (Å²) in [6.07, 6.45) is 5.78. The summed E-state index contributed by atoms with van der Waals surface area (Å²) < 4.78 is 6.22. The molecule has 2 aliphatic rings. The van der Waals surface area contributed by atoms with Crippen molar-refractivity contribution in [1.82, 2.24) is 15.1 Å². The monoisotopic (exact) mass is 397 g/mol. The number of nitrogens with zero attached hydrogens (tertiary/aromatic N) is 2. The van der Waals surface area contributed by atoms with Crippen molar-refractivity contribution in [2.45, 2.75) is 51.6 Å². The SMILES string of the molecule is CCCCCCc1oc2ccccc2c1CN1CCN2C(=O)CNCC(=O)C2C1. The van der Waals surface area contributed by atoms with Crippen LogP contribution in [-0.2, 0) is 22.6 Å². The van der Waals surface area contributed by atoms with Crippen LogP contribution < -0.4 is 5.32 Å². The van der Waals surface area contributed by atoms with Crippen molar-refractivity contribution < 1.29 is 14.0 Å². The van der Waals surface area contributed by atoms with Gasteiger partial charge in [-0.2, -0.15) is 0 Å². The van der Waals surface area contributed by atoms with E-state index < -0.39 is 0 Å². The average molecular weight is 398 g/mol. The van der Waals surface area contributed by atoms with E-state index in [0.717, 1.165) is 37.3 Å². The number of Topliss-reactive ketones (excluding diaryl/α,β-unsaturated/α-hetero) is 1. The number of nitrogens with one attached hydrogen (secondary N) is 1. The number of aryl methyl sites for hydroxylation is 1. The molecule has 1 aromatic carbocycles. The fraction of sp³-hybridized carbons (Fsp3) is 0.565. The van der Waals surface area contributed by atoms with Gasteiger partial charge in [0.15, 0.2) is 5.78 Å². The Bertz CT molecular complexity index is 875. The molecule has 0 aliphatic carbocycles. The highest BCUT2D eigenvalue weighted by molar-refractivity contribution is 5.93. The van der Waals surface area contributed by atoms with Crippen molar-refractivity contribution in [2.24, 2.45) is 0 Å². The van der Waals surface area contributed by atoms with Crippen LogP contribution in [0.1, 0.15) is 43.9 Å². The van der Waals surface area contributed by atoms with E-state index in [0.29, 0.717) is 13.1 Å². The molecule has 0 bridgehead atoms. The van der Waals surface area contributed by atoms with Gasteiger partial charge in [0.1, 0.15) is 17.4 Å². The topological polar surface area (TPSA) is 65.8 Å². The van der Waals surface area contributed by atoms with Gasteiger partial charge < -0.3 is 14.6 Å².